The summed E-state index contributed by atoms with van der Waals surface area (Å²) >= 11 is 1.16. The molecular formula is C10H12N4O3S. The Balaban J connectivity index is 2.31. The number of carbonyl (C=O) groups excluding carboxylic acids is 1. The van der Waals surface area contributed by atoms with Crippen LogP contribution in [0.2, 0.25) is 0 Å². The Labute approximate surface area is 106 Å². The fraction of sp³-hybridized carbons (Fsp3) is 0.400. The fourth-order valence-electron chi connectivity index (χ4n) is 1.44. The molecule has 1 unspecified atom stereocenters. The largest absolute Gasteiger partial charge is 0.468 e. The minimum absolute atomic E-state index is 0.282. The van der Waals surface area contributed by atoms with Crippen molar-refractivity contribution in [3.05, 3.63) is 16.6 Å². The summed E-state index contributed by atoms with van der Waals surface area (Å²) in [7, 11) is 1.33. The van der Waals surface area contributed by atoms with E-state index in [0.717, 1.165) is 11.8 Å². The van der Waals surface area contributed by atoms with Gasteiger partial charge in [-0.2, -0.15) is 5.10 Å². The molecule has 2 N–H and O–H groups in total. The van der Waals surface area contributed by atoms with Crippen molar-refractivity contribution in [2.24, 2.45) is 0 Å². The molecule has 0 saturated carbocycles. The van der Waals surface area contributed by atoms with E-state index >= 15 is 0 Å². The molecule has 0 aliphatic rings. The highest BCUT2D eigenvalue weighted by molar-refractivity contribution is 8.00. The van der Waals surface area contributed by atoms with Crippen LogP contribution < -0.4 is 5.56 Å². The first-order valence-corrected chi connectivity index (χ1v) is 6.21. The van der Waals surface area contributed by atoms with E-state index in [4.69, 9.17) is 0 Å². The number of hydrogen-bond donors (Lipinski definition) is 2. The summed E-state index contributed by atoms with van der Waals surface area (Å²) in [6, 6.07) is 0. The quantitative estimate of drug-likeness (QED) is 0.480. The van der Waals surface area contributed by atoms with E-state index in [1.807, 2.05) is 6.92 Å². The predicted octanol–water partition coefficient (Wildman–Crippen LogP) is 0.690. The zero-order valence-corrected chi connectivity index (χ0v) is 10.7. The van der Waals surface area contributed by atoms with Gasteiger partial charge in [0.05, 0.1) is 13.3 Å². The smallest absolute Gasteiger partial charge is 0.319 e. The lowest BCUT2D eigenvalue weighted by Crippen LogP contribution is -2.19. The van der Waals surface area contributed by atoms with Crippen LogP contribution in [0.4, 0.5) is 0 Å². The van der Waals surface area contributed by atoms with E-state index < -0.39 is 5.25 Å². The van der Waals surface area contributed by atoms with Gasteiger partial charge >= 0.3 is 5.97 Å². The van der Waals surface area contributed by atoms with Crippen molar-refractivity contribution in [1.82, 2.24) is 20.2 Å². The zero-order chi connectivity index (χ0) is 13.1. The molecule has 8 heteroatoms. The molecule has 0 spiro atoms. The van der Waals surface area contributed by atoms with Crippen molar-refractivity contribution < 1.29 is 9.53 Å². The minimum atomic E-state index is -0.390. The van der Waals surface area contributed by atoms with E-state index in [1.54, 1.807) is 0 Å². The highest BCUT2D eigenvalue weighted by Crippen LogP contribution is 2.22. The van der Waals surface area contributed by atoms with Gasteiger partial charge in [-0.25, -0.2) is 4.98 Å². The lowest BCUT2D eigenvalue weighted by Gasteiger charge is -2.10. The Bertz CT molecular complexity index is 621. The van der Waals surface area contributed by atoms with Crippen LogP contribution in [-0.2, 0) is 9.53 Å². The molecule has 96 valence electrons. The first-order valence-electron chi connectivity index (χ1n) is 5.33. The van der Waals surface area contributed by atoms with Crippen molar-refractivity contribution in [3.63, 3.8) is 0 Å². The Morgan fingerprint density at radius 3 is 3.06 bits per heavy atom. The first-order chi connectivity index (χ1) is 8.65. The van der Waals surface area contributed by atoms with E-state index in [2.05, 4.69) is 24.9 Å². The first kappa shape index (κ1) is 12.6. The number of methoxy groups -OCH3 is 1. The third-order valence-electron chi connectivity index (χ3n) is 2.39. The maximum absolute atomic E-state index is 11.7. The second kappa shape index (κ2) is 5.21. The SMILES string of the molecule is CCC(Sc1nc2[nH]ncc2c(=O)[nH]1)C(=O)OC. The van der Waals surface area contributed by atoms with Gasteiger partial charge in [0.1, 0.15) is 10.6 Å². The second-order valence-electron chi connectivity index (χ2n) is 3.54. The number of aromatic nitrogens is 4. The number of nitrogens with one attached hydrogen (secondary N) is 2. The number of ether oxygens (including phenoxy) is 1. The van der Waals surface area contributed by atoms with E-state index in [-0.39, 0.29) is 11.5 Å². The van der Waals surface area contributed by atoms with Crippen molar-refractivity contribution in [1.29, 1.82) is 0 Å². The highest BCUT2D eigenvalue weighted by atomic mass is 32.2. The number of carbonyl (C=O) groups is 1. The Morgan fingerprint density at radius 2 is 2.39 bits per heavy atom. The van der Waals surface area contributed by atoms with Crippen molar-refractivity contribution in [3.8, 4) is 0 Å². The van der Waals surface area contributed by atoms with E-state index in [9.17, 15) is 9.59 Å². The normalized spacial score (nSPS) is 12.6. The van der Waals surface area contributed by atoms with Gasteiger partial charge < -0.3 is 9.72 Å². The molecular weight excluding hydrogens is 256 g/mol. The third kappa shape index (κ3) is 2.37. The third-order valence-corrected chi connectivity index (χ3v) is 3.61. The Morgan fingerprint density at radius 1 is 1.61 bits per heavy atom. The molecule has 0 bridgehead atoms. The van der Waals surface area contributed by atoms with Crippen molar-refractivity contribution in [2.45, 2.75) is 23.8 Å². The van der Waals surface area contributed by atoms with Gasteiger partial charge in [0, 0.05) is 0 Å². The van der Waals surface area contributed by atoms with Gasteiger partial charge in [-0.1, -0.05) is 18.7 Å². The number of rotatable bonds is 4. The molecule has 0 radical (unpaired) electrons. The average molecular weight is 268 g/mol. The summed E-state index contributed by atoms with van der Waals surface area (Å²) in [6.45, 7) is 1.86. The van der Waals surface area contributed by atoms with Crippen LogP contribution >= 0.6 is 11.8 Å². The molecule has 2 aromatic heterocycles. The zero-order valence-electron chi connectivity index (χ0n) is 9.89. The number of esters is 1. The Hall–Kier alpha value is -1.83. The van der Waals surface area contributed by atoms with Crippen LogP contribution in [0.15, 0.2) is 16.1 Å². The molecule has 7 nitrogen and oxygen atoms in total. The maximum Gasteiger partial charge on any atom is 0.319 e. The summed E-state index contributed by atoms with van der Waals surface area (Å²) in [4.78, 5) is 29.9. The van der Waals surface area contributed by atoms with Gasteiger partial charge in [-0.05, 0) is 6.42 Å². The molecule has 2 rings (SSSR count). The summed E-state index contributed by atoms with van der Waals surface area (Å²) in [6.07, 6.45) is 2.00. The number of H-pyrrole nitrogens is 2. The molecule has 2 aromatic rings. The average Bonchev–Trinajstić information content (AvgIpc) is 2.83. The van der Waals surface area contributed by atoms with Crippen LogP contribution in [0.5, 0.6) is 0 Å². The molecule has 2 heterocycles. The minimum Gasteiger partial charge on any atom is -0.468 e. The predicted molar refractivity (Wildman–Crippen MR) is 66.5 cm³/mol. The number of fused-ring (bicyclic) bond motifs is 1. The summed E-state index contributed by atoms with van der Waals surface area (Å²) in [5.74, 6) is -0.338. The standard InChI is InChI=1S/C10H12N4O3S/c1-3-6(9(16)17-2)18-10-12-7-5(4-11-14-7)8(15)13-10/h4,6H,3H2,1-2H3,(H2,11,12,13,14,15). The van der Waals surface area contributed by atoms with E-state index in [0.29, 0.717) is 22.6 Å². The monoisotopic (exact) mass is 268 g/mol. The summed E-state index contributed by atoms with van der Waals surface area (Å²) in [5.41, 5.74) is 0.122. The molecule has 0 aliphatic carbocycles. The van der Waals surface area contributed by atoms with Gasteiger partial charge in [-0.15, -0.1) is 0 Å². The number of aromatic amines is 2. The topological polar surface area (TPSA) is 101 Å². The number of hydrogen-bond acceptors (Lipinski definition) is 6. The van der Waals surface area contributed by atoms with Gasteiger partial charge in [0.15, 0.2) is 10.8 Å². The molecule has 0 amide bonds. The molecule has 1 atom stereocenters. The van der Waals surface area contributed by atoms with Gasteiger partial charge in [0.25, 0.3) is 5.56 Å². The molecule has 0 fully saturated rings. The molecule has 18 heavy (non-hydrogen) atoms. The lowest BCUT2D eigenvalue weighted by atomic mass is 10.3. The summed E-state index contributed by atoms with van der Waals surface area (Å²) < 4.78 is 4.68. The van der Waals surface area contributed by atoms with Crippen LogP contribution in [0.3, 0.4) is 0 Å². The van der Waals surface area contributed by atoms with Crippen LogP contribution in [0.25, 0.3) is 11.0 Å². The number of thioether (sulfide) groups is 1. The molecule has 0 aromatic carbocycles. The van der Waals surface area contributed by atoms with Gasteiger partial charge in [-0.3, -0.25) is 14.7 Å². The lowest BCUT2D eigenvalue weighted by molar-refractivity contribution is -0.140. The maximum atomic E-state index is 11.7. The number of nitrogens with zero attached hydrogens (tertiary/aromatic N) is 2. The van der Waals surface area contributed by atoms with Crippen molar-refractivity contribution >= 4 is 28.8 Å². The fourth-order valence-corrected chi connectivity index (χ4v) is 2.37. The molecule has 0 saturated heterocycles. The van der Waals surface area contributed by atoms with Crippen molar-refractivity contribution in [2.75, 3.05) is 7.11 Å². The van der Waals surface area contributed by atoms with Crippen LogP contribution in [-0.4, -0.2) is 38.5 Å². The van der Waals surface area contributed by atoms with Crippen LogP contribution in [0, 0.1) is 0 Å². The second-order valence-corrected chi connectivity index (χ2v) is 4.73. The summed E-state index contributed by atoms with van der Waals surface area (Å²) in [5, 5.41) is 6.74. The Kier molecular flexibility index (Phi) is 3.66. The van der Waals surface area contributed by atoms with Crippen LogP contribution in [0.1, 0.15) is 13.3 Å². The van der Waals surface area contributed by atoms with E-state index in [1.165, 1.54) is 13.3 Å². The van der Waals surface area contributed by atoms with Gasteiger partial charge in [0.2, 0.25) is 0 Å². The highest BCUT2D eigenvalue weighted by Gasteiger charge is 2.20. The molecule has 0 aliphatic heterocycles.